The van der Waals surface area contributed by atoms with Gasteiger partial charge in [0.2, 0.25) is 5.91 Å². The number of benzene rings is 1. The molecule has 4 nitrogen and oxygen atoms in total. The first-order chi connectivity index (χ1) is 9.96. The minimum absolute atomic E-state index is 0.148. The van der Waals surface area contributed by atoms with E-state index in [-0.39, 0.29) is 16.7 Å². The maximum atomic E-state index is 11.6. The number of hydrogen-bond acceptors (Lipinski definition) is 3. The van der Waals surface area contributed by atoms with Crippen LogP contribution in [0.25, 0.3) is 0 Å². The summed E-state index contributed by atoms with van der Waals surface area (Å²) in [5, 5.41) is 10.6. The number of rotatable bonds is 4. The van der Waals surface area contributed by atoms with Gasteiger partial charge in [0.15, 0.2) is 0 Å². The molecule has 0 saturated carbocycles. The van der Waals surface area contributed by atoms with Crippen LogP contribution in [-0.2, 0) is 26.9 Å². The van der Waals surface area contributed by atoms with Crippen LogP contribution in [-0.4, -0.2) is 18.1 Å². The zero-order valence-electron chi connectivity index (χ0n) is 14.8. The van der Waals surface area contributed by atoms with E-state index in [0.717, 1.165) is 16.7 Å². The molecule has 0 atom stereocenters. The van der Waals surface area contributed by atoms with Crippen LogP contribution >= 0.6 is 0 Å². The highest BCUT2D eigenvalue weighted by molar-refractivity contribution is 5.75. The van der Waals surface area contributed by atoms with Crippen molar-refractivity contribution in [2.75, 3.05) is 7.11 Å². The number of hydroxylamine groups is 1. The smallest absolute Gasteiger partial charge is 0.243 e. The van der Waals surface area contributed by atoms with E-state index in [1.807, 2.05) is 12.1 Å². The summed E-state index contributed by atoms with van der Waals surface area (Å²) in [6.45, 7) is 12.5. The van der Waals surface area contributed by atoms with Crippen LogP contribution in [0.15, 0.2) is 12.1 Å². The van der Waals surface area contributed by atoms with Crippen LogP contribution in [0.1, 0.15) is 64.7 Å². The maximum Gasteiger partial charge on any atom is 0.243 e. The Hall–Kier alpha value is -1.55. The lowest BCUT2D eigenvalue weighted by Gasteiger charge is -2.28. The number of hydrogen-bond donors (Lipinski definition) is 2. The van der Waals surface area contributed by atoms with Gasteiger partial charge in [-0.25, -0.2) is 5.48 Å². The largest absolute Gasteiger partial charge is 0.507 e. The summed E-state index contributed by atoms with van der Waals surface area (Å²) in [4.78, 5) is 16.2. The fourth-order valence-electron chi connectivity index (χ4n) is 2.40. The fourth-order valence-corrected chi connectivity index (χ4v) is 2.40. The molecule has 0 aliphatic heterocycles. The Kier molecular flexibility index (Phi) is 5.63. The Balaban J connectivity index is 3.21. The number of nitrogens with one attached hydrogen (secondary N) is 1. The molecule has 1 aromatic carbocycles. The Morgan fingerprint density at radius 2 is 1.55 bits per heavy atom. The molecule has 1 amide bonds. The molecule has 4 heteroatoms. The molecule has 0 radical (unpaired) electrons. The molecule has 0 fully saturated rings. The topological polar surface area (TPSA) is 58.6 Å². The fraction of sp³-hybridized carbons (Fsp3) is 0.611. The van der Waals surface area contributed by atoms with Crippen molar-refractivity contribution in [3.8, 4) is 5.75 Å². The molecule has 22 heavy (non-hydrogen) atoms. The lowest BCUT2D eigenvalue weighted by atomic mass is 9.78. The highest BCUT2D eigenvalue weighted by atomic mass is 16.6. The van der Waals surface area contributed by atoms with Gasteiger partial charge >= 0.3 is 0 Å². The van der Waals surface area contributed by atoms with Gasteiger partial charge in [0.25, 0.3) is 0 Å². The van der Waals surface area contributed by atoms with Crippen LogP contribution < -0.4 is 5.48 Å². The maximum absolute atomic E-state index is 11.6. The van der Waals surface area contributed by atoms with Crippen molar-refractivity contribution in [3.05, 3.63) is 28.8 Å². The minimum atomic E-state index is -0.158. The zero-order valence-corrected chi connectivity index (χ0v) is 14.8. The molecule has 0 aromatic heterocycles. The molecule has 2 N–H and O–H groups in total. The number of aryl methyl sites for hydroxylation is 1. The second-order valence-electron chi connectivity index (χ2n) is 7.77. The van der Waals surface area contributed by atoms with Crippen LogP contribution in [0.5, 0.6) is 5.75 Å². The van der Waals surface area contributed by atoms with Gasteiger partial charge in [-0.1, -0.05) is 53.7 Å². The molecule has 1 rings (SSSR count). The van der Waals surface area contributed by atoms with E-state index < -0.39 is 0 Å². The van der Waals surface area contributed by atoms with Crippen molar-refractivity contribution in [1.82, 2.24) is 5.48 Å². The van der Waals surface area contributed by atoms with Crippen molar-refractivity contribution >= 4 is 5.91 Å². The third-order valence-electron chi connectivity index (χ3n) is 3.64. The number of carbonyl (C=O) groups excluding carboxylic acids is 1. The van der Waals surface area contributed by atoms with E-state index >= 15 is 0 Å². The molecular weight excluding hydrogens is 278 g/mol. The first kappa shape index (κ1) is 18.5. The summed E-state index contributed by atoms with van der Waals surface area (Å²) >= 11 is 0. The normalized spacial score (nSPS) is 12.3. The van der Waals surface area contributed by atoms with Gasteiger partial charge in [0.05, 0.1) is 7.11 Å². The second kappa shape index (κ2) is 6.69. The van der Waals surface area contributed by atoms with Gasteiger partial charge in [0.1, 0.15) is 5.75 Å². The van der Waals surface area contributed by atoms with Crippen LogP contribution in [0.2, 0.25) is 0 Å². The van der Waals surface area contributed by atoms with Crippen molar-refractivity contribution in [1.29, 1.82) is 0 Å². The van der Waals surface area contributed by atoms with E-state index in [4.69, 9.17) is 0 Å². The van der Waals surface area contributed by atoms with E-state index in [2.05, 4.69) is 51.9 Å². The van der Waals surface area contributed by atoms with E-state index in [1.165, 1.54) is 7.11 Å². The summed E-state index contributed by atoms with van der Waals surface area (Å²) in [6.07, 6.45) is 0.966. The van der Waals surface area contributed by atoms with Crippen molar-refractivity contribution < 1.29 is 14.7 Å². The monoisotopic (exact) mass is 307 g/mol. The predicted molar refractivity (Wildman–Crippen MR) is 89.0 cm³/mol. The number of phenols is 1. The standard InChI is InChI=1S/C18H29NO3/c1-17(2,3)13-10-12(8-9-15(20)19-22-7)11-14(16(13)21)18(4,5)6/h10-11,21H,8-9H2,1-7H3,(H,19,20). The lowest BCUT2D eigenvalue weighted by molar-refractivity contribution is -0.131. The summed E-state index contributed by atoms with van der Waals surface area (Å²) in [5.74, 6) is 0.218. The number of phenolic OH excluding ortho intramolecular Hbond substituents is 1. The number of aromatic hydroxyl groups is 1. The molecule has 0 aliphatic carbocycles. The summed E-state index contributed by atoms with van der Waals surface area (Å²) in [5.41, 5.74) is 4.90. The van der Waals surface area contributed by atoms with Crippen molar-refractivity contribution in [2.24, 2.45) is 0 Å². The number of amides is 1. The molecular formula is C18H29NO3. The molecule has 0 spiro atoms. The summed E-state index contributed by atoms with van der Waals surface area (Å²) in [6, 6.07) is 4.01. The Morgan fingerprint density at radius 3 is 1.91 bits per heavy atom. The molecule has 1 aromatic rings. The lowest BCUT2D eigenvalue weighted by Crippen LogP contribution is -2.22. The average Bonchev–Trinajstić information content (AvgIpc) is 2.35. The molecule has 0 aliphatic rings. The summed E-state index contributed by atoms with van der Waals surface area (Å²) in [7, 11) is 1.42. The Bertz CT molecular complexity index is 501. The zero-order chi connectivity index (χ0) is 17.1. The molecule has 0 saturated heterocycles. The van der Waals surface area contributed by atoms with Gasteiger partial charge in [0, 0.05) is 6.42 Å². The Morgan fingerprint density at radius 1 is 1.09 bits per heavy atom. The van der Waals surface area contributed by atoms with Crippen LogP contribution in [0, 0.1) is 0 Å². The first-order valence-corrected chi connectivity index (χ1v) is 7.65. The molecule has 0 heterocycles. The first-order valence-electron chi connectivity index (χ1n) is 7.65. The molecule has 0 unspecified atom stereocenters. The van der Waals surface area contributed by atoms with E-state index in [9.17, 15) is 9.90 Å². The highest BCUT2D eigenvalue weighted by Crippen LogP contribution is 2.39. The molecule has 0 bridgehead atoms. The van der Waals surface area contributed by atoms with Gasteiger partial charge < -0.3 is 5.11 Å². The minimum Gasteiger partial charge on any atom is -0.507 e. The Labute approximate surface area is 133 Å². The average molecular weight is 307 g/mol. The van der Waals surface area contributed by atoms with Crippen LogP contribution in [0.3, 0.4) is 0 Å². The van der Waals surface area contributed by atoms with Gasteiger partial charge in [-0.2, -0.15) is 0 Å². The molecule has 124 valence electrons. The predicted octanol–water partition coefficient (Wildman–Crippen LogP) is 3.60. The summed E-state index contributed by atoms with van der Waals surface area (Å²) < 4.78 is 0. The van der Waals surface area contributed by atoms with E-state index in [0.29, 0.717) is 18.6 Å². The highest BCUT2D eigenvalue weighted by Gasteiger charge is 2.26. The van der Waals surface area contributed by atoms with Crippen molar-refractivity contribution in [2.45, 2.75) is 65.2 Å². The van der Waals surface area contributed by atoms with Crippen molar-refractivity contribution in [3.63, 3.8) is 0 Å². The SMILES string of the molecule is CONC(=O)CCc1cc(C(C)(C)C)c(O)c(C(C)(C)C)c1. The third kappa shape index (κ3) is 4.73. The van der Waals surface area contributed by atoms with Gasteiger partial charge in [-0.15, -0.1) is 0 Å². The quantitative estimate of drug-likeness (QED) is 0.836. The second-order valence-corrected chi connectivity index (χ2v) is 7.77. The number of carbonyl (C=O) groups is 1. The van der Waals surface area contributed by atoms with Crippen LogP contribution in [0.4, 0.5) is 0 Å². The van der Waals surface area contributed by atoms with Gasteiger partial charge in [-0.3, -0.25) is 9.63 Å². The third-order valence-corrected chi connectivity index (χ3v) is 3.64. The van der Waals surface area contributed by atoms with Gasteiger partial charge in [-0.05, 0) is 33.9 Å². The van der Waals surface area contributed by atoms with E-state index in [1.54, 1.807) is 0 Å².